The maximum atomic E-state index is 10.9. The van der Waals surface area contributed by atoms with Crippen LogP contribution in [0.1, 0.15) is 19.0 Å². The first-order valence-electron chi connectivity index (χ1n) is 6.73. The van der Waals surface area contributed by atoms with E-state index in [2.05, 4.69) is 15.2 Å². The van der Waals surface area contributed by atoms with E-state index >= 15 is 0 Å². The molecule has 2 atom stereocenters. The van der Waals surface area contributed by atoms with Gasteiger partial charge in [-0.1, -0.05) is 0 Å². The molecule has 1 aromatic heterocycles. The number of nitrogens with one attached hydrogen (secondary N) is 1. The molecule has 20 heavy (non-hydrogen) atoms. The van der Waals surface area contributed by atoms with E-state index < -0.39 is 11.7 Å². The molecule has 1 saturated heterocycles. The summed E-state index contributed by atoms with van der Waals surface area (Å²) in [5.74, 6) is -0.207. The second-order valence-corrected chi connectivity index (χ2v) is 5.54. The van der Waals surface area contributed by atoms with Gasteiger partial charge in [0.05, 0.1) is 18.1 Å². The Hall–Kier alpha value is -1.44. The number of carbonyl (C=O) groups is 1. The zero-order chi connectivity index (χ0) is 14.8. The van der Waals surface area contributed by atoms with E-state index in [0.717, 1.165) is 5.69 Å². The molecule has 1 amide bonds. The lowest BCUT2D eigenvalue weighted by Crippen LogP contribution is -2.59. The van der Waals surface area contributed by atoms with Crippen LogP contribution < -0.4 is 5.32 Å². The summed E-state index contributed by atoms with van der Waals surface area (Å²) in [6.45, 7) is 3.15. The number of imidazole rings is 1. The molecule has 0 radical (unpaired) electrons. The Bertz CT molecular complexity index is 476. The Morgan fingerprint density at radius 3 is 2.95 bits per heavy atom. The number of aryl methyl sites for hydroxylation is 1. The Labute approximate surface area is 118 Å². The van der Waals surface area contributed by atoms with Gasteiger partial charge in [0.15, 0.2) is 0 Å². The maximum Gasteiger partial charge on any atom is 0.216 e. The van der Waals surface area contributed by atoms with E-state index in [-0.39, 0.29) is 12.5 Å². The molecule has 0 saturated carbocycles. The number of aromatic nitrogens is 2. The topological polar surface area (TPSA) is 90.6 Å². The van der Waals surface area contributed by atoms with E-state index in [1.165, 1.54) is 6.92 Å². The lowest BCUT2D eigenvalue weighted by atomic mass is 9.88. The standard InChI is InChI=1S/C13H22N4O3/c1-10(18)14-8-13(20)3-4-17(7-12(13)19)6-11-5-16(2)9-15-11/h5,9,12,19-20H,3-4,6-8H2,1-2H3,(H,14,18)/t12-,13-/m1/s1. The molecule has 0 aliphatic carbocycles. The number of amides is 1. The number of carbonyl (C=O) groups excluding carboxylic acids is 1. The van der Waals surface area contributed by atoms with Crippen LogP contribution in [-0.2, 0) is 18.4 Å². The van der Waals surface area contributed by atoms with E-state index in [9.17, 15) is 15.0 Å². The number of nitrogens with zero attached hydrogens (tertiary/aromatic N) is 3. The third-order valence-electron chi connectivity index (χ3n) is 3.70. The number of hydrogen-bond donors (Lipinski definition) is 3. The average molecular weight is 282 g/mol. The predicted octanol–water partition coefficient (Wildman–Crippen LogP) is -1.15. The largest absolute Gasteiger partial charge is 0.389 e. The van der Waals surface area contributed by atoms with Gasteiger partial charge in [0, 0.05) is 46.3 Å². The molecular formula is C13H22N4O3. The van der Waals surface area contributed by atoms with Crippen LogP contribution in [0.3, 0.4) is 0 Å². The predicted molar refractivity (Wildman–Crippen MR) is 72.7 cm³/mol. The molecule has 1 fully saturated rings. The Kier molecular flexibility index (Phi) is 4.42. The third-order valence-corrected chi connectivity index (χ3v) is 3.70. The van der Waals surface area contributed by atoms with Crippen molar-refractivity contribution < 1.29 is 15.0 Å². The molecule has 112 valence electrons. The molecule has 1 aliphatic heterocycles. The van der Waals surface area contributed by atoms with E-state index in [4.69, 9.17) is 0 Å². The summed E-state index contributed by atoms with van der Waals surface area (Å²) < 4.78 is 1.88. The van der Waals surface area contributed by atoms with Gasteiger partial charge < -0.3 is 20.1 Å². The molecule has 0 unspecified atom stereocenters. The molecule has 3 N–H and O–H groups in total. The minimum atomic E-state index is -1.24. The van der Waals surface area contributed by atoms with Crippen molar-refractivity contribution in [2.24, 2.45) is 7.05 Å². The van der Waals surface area contributed by atoms with E-state index in [1.54, 1.807) is 6.33 Å². The minimum absolute atomic E-state index is 0.0843. The number of rotatable bonds is 4. The van der Waals surface area contributed by atoms with Gasteiger partial charge in [-0.05, 0) is 6.42 Å². The van der Waals surface area contributed by atoms with Gasteiger partial charge >= 0.3 is 0 Å². The maximum absolute atomic E-state index is 10.9. The van der Waals surface area contributed by atoms with E-state index in [0.29, 0.717) is 26.1 Å². The third kappa shape index (κ3) is 3.56. The highest BCUT2D eigenvalue weighted by molar-refractivity contribution is 5.72. The highest BCUT2D eigenvalue weighted by Crippen LogP contribution is 2.23. The first-order chi connectivity index (χ1) is 9.39. The molecule has 1 aliphatic rings. The lowest BCUT2D eigenvalue weighted by Gasteiger charge is -2.41. The van der Waals surface area contributed by atoms with Crippen molar-refractivity contribution in [3.8, 4) is 0 Å². The first-order valence-corrected chi connectivity index (χ1v) is 6.73. The molecular weight excluding hydrogens is 260 g/mol. The van der Waals surface area contributed by atoms with Crippen LogP contribution in [0.2, 0.25) is 0 Å². The summed E-state index contributed by atoms with van der Waals surface area (Å²) in [7, 11) is 1.91. The first kappa shape index (κ1) is 15.0. The van der Waals surface area contributed by atoms with Crippen molar-refractivity contribution in [2.75, 3.05) is 19.6 Å². The smallest absolute Gasteiger partial charge is 0.216 e. The van der Waals surface area contributed by atoms with Crippen molar-refractivity contribution in [2.45, 2.75) is 31.6 Å². The zero-order valence-electron chi connectivity index (χ0n) is 11.9. The number of aliphatic hydroxyl groups is 2. The lowest BCUT2D eigenvalue weighted by molar-refractivity contribution is -0.130. The summed E-state index contributed by atoms with van der Waals surface area (Å²) in [5, 5.41) is 23.1. The average Bonchev–Trinajstić information content (AvgIpc) is 2.78. The molecule has 7 heteroatoms. The Balaban J connectivity index is 1.89. The molecule has 7 nitrogen and oxygen atoms in total. The summed E-state index contributed by atoms with van der Waals surface area (Å²) in [6.07, 6.45) is 3.21. The van der Waals surface area contributed by atoms with E-state index in [1.807, 2.05) is 17.8 Å². The molecule has 0 spiro atoms. The van der Waals surface area contributed by atoms with Crippen LogP contribution in [0, 0.1) is 0 Å². The van der Waals surface area contributed by atoms with Crippen LogP contribution in [0.4, 0.5) is 0 Å². The second kappa shape index (κ2) is 5.90. The van der Waals surface area contributed by atoms with Crippen LogP contribution >= 0.6 is 0 Å². The number of piperidine rings is 1. The number of likely N-dealkylation sites (tertiary alicyclic amines) is 1. The summed E-state index contributed by atoms with van der Waals surface area (Å²) >= 11 is 0. The molecule has 0 aromatic carbocycles. The Morgan fingerprint density at radius 2 is 2.40 bits per heavy atom. The van der Waals surface area contributed by atoms with Gasteiger partial charge in [-0.15, -0.1) is 0 Å². The summed E-state index contributed by atoms with van der Waals surface area (Å²) in [4.78, 5) is 17.2. The highest BCUT2D eigenvalue weighted by Gasteiger charge is 2.40. The zero-order valence-corrected chi connectivity index (χ0v) is 11.9. The molecule has 2 rings (SSSR count). The SMILES string of the molecule is CC(=O)NC[C@]1(O)CCN(Cc2cn(C)cn2)C[C@H]1O. The van der Waals surface area contributed by atoms with Crippen molar-refractivity contribution in [3.05, 3.63) is 18.2 Å². The van der Waals surface area contributed by atoms with Gasteiger partial charge in [-0.25, -0.2) is 4.98 Å². The molecule has 0 bridgehead atoms. The number of hydrogen-bond acceptors (Lipinski definition) is 5. The second-order valence-electron chi connectivity index (χ2n) is 5.54. The molecule has 2 heterocycles. The normalized spacial score (nSPS) is 27.5. The molecule has 1 aromatic rings. The van der Waals surface area contributed by atoms with Crippen molar-refractivity contribution in [1.29, 1.82) is 0 Å². The number of aliphatic hydroxyl groups excluding tert-OH is 1. The van der Waals surface area contributed by atoms with Gasteiger partial charge in [0.1, 0.15) is 5.60 Å². The quantitative estimate of drug-likeness (QED) is 0.649. The fourth-order valence-electron chi connectivity index (χ4n) is 2.43. The van der Waals surface area contributed by atoms with Crippen molar-refractivity contribution in [1.82, 2.24) is 19.8 Å². The van der Waals surface area contributed by atoms with Crippen molar-refractivity contribution in [3.63, 3.8) is 0 Å². The summed E-state index contributed by atoms with van der Waals surface area (Å²) in [5.41, 5.74) is -0.307. The fraction of sp³-hybridized carbons (Fsp3) is 0.692. The Morgan fingerprint density at radius 1 is 1.65 bits per heavy atom. The van der Waals surface area contributed by atoms with Crippen LogP contribution in [0.5, 0.6) is 0 Å². The van der Waals surface area contributed by atoms with Crippen molar-refractivity contribution >= 4 is 5.91 Å². The van der Waals surface area contributed by atoms with Gasteiger partial charge in [0.25, 0.3) is 0 Å². The summed E-state index contributed by atoms with van der Waals surface area (Å²) in [6, 6.07) is 0. The highest BCUT2D eigenvalue weighted by atomic mass is 16.3. The number of β-amino-alcohol motifs (C(OH)–C–C–N with tert-alkyl or cyclic N) is 1. The van der Waals surface area contributed by atoms with Gasteiger partial charge in [0.2, 0.25) is 5.91 Å². The monoisotopic (exact) mass is 282 g/mol. The minimum Gasteiger partial charge on any atom is -0.389 e. The van der Waals surface area contributed by atoms with Crippen LogP contribution in [0.25, 0.3) is 0 Å². The van der Waals surface area contributed by atoms with Crippen LogP contribution in [0.15, 0.2) is 12.5 Å². The van der Waals surface area contributed by atoms with Gasteiger partial charge in [-0.2, -0.15) is 0 Å². The van der Waals surface area contributed by atoms with Gasteiger partial charge in [-0.3, -0.25) is 9.69 Å². The van der Waals surface area contributed by atoms with Crippen LogP contribution in [-0.4, -0.2) is 61.9 Å². The fourth-order valence-corrected chi connectivity index (χ4v) is 2.43.